The molecule has 0 atom stereocenters. The van der Waals surface area contributed by atoms with E-state index in [1.54, 1.807) is 11.3 Å². The quantitative estimate of drug-likeness (QED) is 0.183. The molecule has 0 bridgehead atoms. The summed E-state index contributed by atoms with van der Waals surface area (Å²) in [5.74, 6) is 0.282. The Morgan fingerprint density at radius 3 is 1.98 bits per heavy atom. The average molecular weight is 669 g/mol. The van der Waals surface area contributed by atoms with Crippen molar-refractivity contribution in [3.63, 3.8) is 0 Å². The summed E-state index contributed by atoms with van der Waals surface area (Å²) in [6.45, 7) is 0. The SMILES string of the molecule is [2H]c1c([2H])c([2H])c(-n2c3c([2H])c([2H])c([2H])c([2H])c3c3c([2H])c(-c4nc(-c5ccc(-c6ccccc6)cc5)nc(-c5cccc6c5sc5ccccc56)n4)c([2H])c([2H])c32)c([2H])c1[2H]. The summed E-state index contributed by atoms with van der Waals surface area (Å²) >= 11 is 1.56. The Morgan fingerprint density at radius 1 is 0.460 bits per heavy atom. The Balaban J connectivity index is 1.31. The van der Waals surface area contributed by atoms with Crippen molar-refractivity contribution in [3.05, 3.63) is 170 Å². The van der Waals surface area contributed by atoms with Crippen LogP contribution >= 0.6 is 11.3 Å². The van der Waals surface area contributed by atoms with Gasteiger partial charge in [-0.15, -0.1) is 11.3 Å². The van der Waals surface area contributed by atoms with Crippen LogP contribution in [0.3, 0.4) is 0 Å². The number of thiophene rings is 1. The first-order chi connectivity index (χ1) is 29.8. The fourth-order valence-corrected chi connectivity index (χ4v) is 7.52. The molecule has 0 unspecified atom stereocenters. The predicted molar refractivity (Wildman–Crippen MR) is 209 cm³/mol. The van der Waals surface area contributed by atoms with Crippen LogP contribution in [0.4, 0.5) is 0 Å². The van der Waals surface area contributed by atoms with Gasteiger partial charge in [-0.3, -0.25) is 0 Å². The van der Waals surface area contributed by atoms with Crippen molar-refractivity contribution in [3.8, 4) is 51.0 Å². The zero-order valence-corrected chi connectivity index (χ0v) is 26.8. The van der Waals surface area contributed by atoms with Gasteiger partial charge in [0.15, 0.2) is 17.5 Å². The summed E-state index contributed by atoms with van der Waals surface area (Å²) < 4.78 is 110. The summed E-state index contributed by atoms with van der Waals surface area (Å²) in [5, 5.41) is 1.58. The first-order valence-corrected chi connectivity index (χ1v) is 16.5. The maximum Gasteiger partial charge on any atom is 0.165 e. The highest BCUT2D eigenvalue weighted by molar-refractivity contribution is 7.26. The third kappa shape index (κ3) is 4.71. The molecule has 3 aromatic heterocycles. The molecule has 0 saturated carbocycles. The van der Waals surface area contributed by atoms with Crippen LogP contribution in [0.25, 0.3) is 93.0 Å². The van der Waals surface area contributed by atoms with Gasteiger partial charge in [0.05, 0.1) is 27.5 Å². The van der Waals surface area contributed by atoms with Crippen LogP contribution in [-0.4, -0.2) is 19.5 Å². The van der Waals surface area contributed by atoms with E-state index in [2.05, 4.69) is 0 Å². The Labute approximate surface area is 309 Å². The van der Waals surface area contributed by atoms with Gasteiger partial charge < -0.3 is 4.57 Å². The third-order valence-electron chi connectivity index (χ3n) is 8.62. The molecule has 4 nitrogen and oxygen atoms in total. The molecule has 0 fully saturated rings. The highest BCUT2D eigenvalue weighted by atomic mass is 32.1. The van der Waals surface area contributed by atoms with E-state index in [9.17, 15) is 4.11 Å². The lowest BCUT2D eigenvalue weighted by Gasteiger charge is -2.10. The lowest BCUT2D eigenvalue weighted by Crippen LogP contribution is -2.00. The van der Waals surface area contributed by atoms with E-state index in [1.165, 1.54) is 0 Å². The Morgan fingerprint density at radius 2 is 1.12 bits per heavy atom. The lowest BCUT2D eigenvalue weighted by atomic mass is 10.0. The summed E-state index contributed by atoms with van der Waals surface area (Å²) in [5.41, 5.74) is 1.83. The number of benzene rings is 7. The smallest absolute Gasteiger partial charge is 0.165 e. The van der Waals surface area contributed by atoms with Gasteiger partial charge in [0.1, 0.15) is 0 Å². The molecule has 0 aliphatic carbocycles. The van der Waals surface area contributed by atoms with Crippen molar-refractivity contribution in [2.75, 3.05) is 0 Å². The molecular weight excluding hydrogens is 629 g/mol. The van der Waals surface area contributed by atoms with Gasteiger partial charge in [0.2, 0.25) is 0 Å². The van der Waals surface area contributed by atoms with Crippen molar-refractivity contribution in [1.29, 1.82) is 0 Å². The fourth-order valence-electron chi connectivity index (χ4n) is 6.31. The first-order valence-electron chi connectivity index (χ1n) is 21.7. The van der Waals surface area contributed by atoms with E-state index < -0.39 is 78.2 Å². The number of fused-ring (bicyclic) bond motifs is 6. The second-order valence-electron chi connectivity index (χ2n) is 11.5. The number of nitrogens with zero attached hydrogens (tertiary/aromatic N) is 4. The molecule has 3 heterocycles. The van der Waals surface area contributed by atoms with Crippen molar-refractivity contribution >= 4 is 53.3 Å². The zero-order chi connectivity index (χ0) is 43.5. The van der Waals surface area contributed by atoms with E-state index in [4.69, 9.17) is 27.3 Å². The molecule has 50 heavy (non-hydrogen) atoms. The normalized spacial score (nSPS) is 15.0. The van der Waals surface area contributed by atoms with E-state index in [0.29, 0.717) is 11.1 Å². The minimum Gasteiger partial charge on any atom is -0.309 e. The van der Waals surface area contributed by atoms with Crippen LogP contribution in [0.2, 0.25) is 0 Å². The largest absolute Gasteiger partial charge is 0.309 e. The molecule has 0 saturated heterocycles. The van der Waals surface area contributed by atoms with Crippen molar-refractivity contribution in [1.82, 2.24) is 19.5 Å². The molecule has 234 valence electrons. The second kappa shape index (κ2) is 11.6. The molecule has 10 rings (SSSR count). The Bertz CT molecular complexity index is 3520. The summed E-state index contributed by atoms with van der Waals surface area (Å²) in [4.78, 5) is 14.7. The molecule has 0 aliphatic heterocycles. The minimum absolute atomic E-state index is 0.148. The molecule has 5 heteroatoms. The van der Waals surface area contributed by atoms with Crippen LogP contribution in [-0.2, 0) is 0 Å². The number of rotatable bonds is 5. The topological polar surface area (TPSA) is 43.6 Å². The number of hydrogen-bond donors (Lipinski definition) is 0. The van der Waals surface area contributed by atoms with Gasteiger partial charge in [0.25, 0.3) is 0 Å². The van der Waals surface area contributed by atoms with E-state index in [1.807, 2.05) is 97.1 Å². The highest BCUT2D eigenvalue weighted by Gasteiger charge is 2.18. The maximum absolute atomic E-state index is 9.80. The van der Waals surface area contributed by atoms with Gasteiger partial charge in [-0.1, -0.05) is 121 Å². The van der Waals surface area contributed by atoms with Crippen LogP contribution in [0.15, 0.2) is 170 Å². The van der Waals surface area contributed by atoms with Crippen LogP contribution in [0.1, 0.15) is 16.4 Å². The summed E-state index contributed by atoms with van der Waals surface area (Å²) in [6, 6.07) is 23.5. The molecule has 7 aromatic carbocycles. The predicted octanol–water partition coefficient (Wildman–Crippen LogP) is 12.0. The molecule has 0 spiro atoms. The summed E-state index contributed by atoms with van der Waals surface area (Å²) in [7, 11) is 0. The summed E-state index contributed by atoms with van der Waals surface area (Å²) in [6.07, 6.45) is 0. The average Bonchev–Trinajstić information content (AvgIpc) is 3.86. The number of aromatic nitrogens is 4. The number of hydrogen-bond acceptors (Lipinski definition) is 4. The van der Waals surface area contributed by atoms with Gasteiger partial charge in [-0.05, 0) is 59.5 Å². The van der Waals surface area contributed by atoms with E-state index in [0.717, 1.165) is 35.9 Å². The van der Waals surface area contributed by atoms with Crippen LogP contribution < -0.4 is 0 Å². The molecule has 0 radical (unpaired) electrons. The standard InChI is InChI=1S/C45H28N4S/c1-3-12-29(13-4-1)30-22-24-31(25-23-30)43-46-44(48-45(47-43)37-19-11-18-36-35-17-8-10-21-41(35)50-42(36)37)32-26-27-40-38(28-32)34-16-7-9-20-39(34)49(40)33-14-5-2-6-15-33/h1-28H/i2D,5D,6D,7D,9D,14D,15D,16D,20D,26D,27D,28D. The second-order valence-corrected chi connectivity index (χ2v) is 12.6. The molecule has 10 aromatic rings. The van der Waals surface area contributed by atoms with Crippen LogP contribution in [0, 0.1) is 0 Å². The van der Waals surface area contributed by atoms with Crippen molar-refractivity contribution in [2.24, 2.45) is 0 Å². The molecule has 0 amide bonds. The molecule has 0 N–H and O–H groups in total. The highest BCUT2D eigenvalue weighted by Crippen LogP contribution is 2.40. The van der Waals surface area contributed by atoms with Crippen molar-refractivity contribution in [2.45, 2.75) is 0 Å². The van der Waals surface area contributed by atoms with Crippen molar-refractivity contribution < 1.29 is 16.4 Å². The molecular formula is C45H28N4S. The van der Waals surface area contributed by atoms with E-state index >= 15 is 0 Å². The maximum atomic E-state index is 9.80. The minimum atomic E-state index is -0.715. The van der Waals surface area contributed by atoms with Gasteiger partial charge >= 0.3 is 0 Å². The molecule has 0 aliphatic rings. The van der Waals surface area contributed by atoms with Gasteiger partial charge in [-0.25, -0.2) is 15.0 Å². The Kier molecular flexibility index (Phi) is 4.40. The fraction of sp³-hybridized carbons (Fsp3) is 0. The van der Waals surface area contributed by atoms with Gasteiger partial charge in [0, 0.05) is 53.3 Å². The first kappa shape index (κ1) is 18.9. The number of para-hydroxylation sites is 2. The van der Waals surface area contributed by atoms with Crippen LogP contribution in [0.5, 0.6) is 0 Å². The van der Waals surface area contributed by atoms with E-state index in [-0.39, 0.29) is 44.8 Å². The third-order valence-corrected chi connectivity index (χ3v) is 9.84. The monoisotopic (exact) mass is 668 g/mol. The lowest BCUT2D eigenvalue weighted by molar-refractivity contribution is 1.08. The Hall–Kier alpha value is -6.43. The zero-order valence-electron chi connectivity index (χ0n) is 37.9. The van der Waals surface area contributed by atoms with Gasteiger partial charge in [-0.2, -0.15) is 0 Å².